The second kappa shape index (κ2) is 5.88. The number of hydrogen-bond donors (Lipinski definition) is 2. The van der Waals surface area contributed by atoms with Crippen molar-refractivity contribution in [1.82, 2.24) is 25.3 Å². The first-order valence-electron chi connectivity index (χ1n) is 10.6. The standard InChI is InChI=1S/C23H25N5O/c1-14-3-2-4-18(25-14)20(29)28-23-10-15-7-16(11-23)9-22(8-15,13-23)21-26-17-5-6-24-12-19(17)27-21/h2-6,12,15-16H,7-11,13H2,1H3,(H,26,27)(H,28,29). The Kier molecular flexibility index (Phi) is 3.47. The van der Waals surface area contributed by atoms with Gasteiger partial charge in [0.25, 0.3) is 5.91 Å². The molecule has 148 valence electrons. The Hall–Kier alpha value is -2.76. The minimum atomic E-state index is -0.149. The molecule has 2 unspecified atom stereocenters. The van der Waals surface area contributed by atoms with Crippen molar-refractivity contribution in [2.45, 2.75) is 56.4 Å². The lowest BCUT2D eigenvalue weighted by atomic mass is 9.46. The van der Waals surface area contributed by atoms with Crippen molar-refractivity contribution >= 4 is 16.9 Å². The minimum absolute atomic E-state index is 0.0242. The fourth-order valence-corrected chi connectivity index (χ4v) is 6.77. The molecule has 3 aromatic heterocycles. The zero-order chi connectivity index (χ0) is 19.6. The molecule has 6 nitrogen and oxygen atoms in total. The molecule has 3 heterocycles. The number of imidazole rings is 1. The molecule has 0 spiro atoms. The van der Waals surface area contributed by atoms with Crippen LogP contribution in [0.2, 0.25) is 0 Å². The molecule has 3 aromatic rings. The molecule has 4 bridgehead atoms. The lowest BCUT2D eigenvalue weighted by molar-refractivity contribution is -0.0402. The van der Waals surface area contributed by atoms with E-state index in [1.54, 1.807) is 6.20 Å². The van der Waals surface area contributed by atoms with E-state index in [1.807, 2.05) is 37.4 Å². The first-order valence-corrected chi connectivity index (χ1v) is 10.6. The highest BCUT2D eigenvalue weighted by molar-refractivity contribution is 5.92. The van der Waals surface area contributed by atoms with Crippen molar-refractivity contribution in [3.63, 3.8) is 0 Å². The van der Waals surface area contributed by atoms with Crippen LogP contribution in [0.4, 0.5) is 0 Å². The molecule has 4 saturated carbocycles. The number of nitrogens with zero attached hydrogens (tertiary/aromatic N) is 3. The van der Waals surface area contributed by atoms with Gasteiger partial charge in [-0.1, -0.05) is 6.07 Å². The largest absolute Gasteiger partial charge is 0.345 e. The van der Waals surface area contributed by atoms with Crippen LogP contribution in [0, 0.1) is 18.8 Å². The third-order valence-corrected chi connectivity index (χ3v) is 7.35. The number of H-pyrrole nitrogens is 1. The summed E-state index contributed by atoms with van der Waals surface area (Å²) in [5, 5.41) is 3.44. The summed E-state index contributed by atoms with van der Waals surface area (Å²) >= 11 is 0. The van der Waals surface area contributed by atoms with Crippen molar-refractivity contribution in [1.29, 1.82) is 0 Å². The van der Waals surface area contributed by atoms with Gasteiger partial charge in [-0.2, -0.15) is 0 Å². The van der Waals surface area contributed by atoms with Crippen LogP contribution < -0.4 is 5.32 Å². The maximum Gasteiger partial charge on any atom is 0.270 e. The molecule has 0 saturated heterocycles. The maximum absolute atomic E-state index is 13.1. The summed E-state index contributed by atoms with van der Waals surface area (Å²) in [6.07, 6.45) is 10.4. The number of carbonyl (C=O) groups excluding carboxylic acids is 1. The molecule has 1 amide bonds. The van der Waals surface area contributed by atoms with E-state index < -0.39 is 0 Å². The normalized spacial score (nSPS) is 32.6. The van der Waals surface area contributed by atoms with Gasteiger partial charge in [-0.15, -0.1) is 0 Å². The van der Waals surface area contributed by atoms with Crippen molar-refractivity contribution in [3.05, 3.63) is 53.9 Å². The minimum Gasteiger partial charge on any atom is -0.345 e. The van der Waals surface area contributed by atoms with Crippen LogP contribution in [0.5, 0.6) is 0 Å². The SMILES string of the molecule is Cc1cccc(C(=O)NC23CC4CC(C2)CC(c2nc5ccncc5[nH]2)(C4)C3)n1. The van der Waals surface area contributed by atoms with Crippen molar-refractivity contribution in [2.75, 3.05) is 0 Å². The highest BCUT2D eigenvalue weighted by Gasteiger charge is 2.59. The fourth-order valence-electron chi connectivity index (χ4n) is 6.77. The van der Waals surface area contributed by atoms with Crippen LogP contribution in [0.3, 0.4) is 0 Å². The molecule has 29 heavy (non-hydrogen) atoms. The number of nitrogens with one attached hydrogen (secondary N) is 2. The van der Waals surface area contributed by atoms with Crippen LogP contribution in [0.1, 0.15) is 60.5 Å². The summed E-state index contributed by atoms with van der Waals surface area (Å²) in [6.45, 7) is 1.92. The van der Waals surface area contributed by atoms with Crippen molar-refractivity contribution < 1.29 is 4.79 Å². The van der Waals surface area contributed by atoms with Gasteiger partial charge in [0.2, 0.25) is 0 Å². The average Bonchev–Trinajstić information content (AvgIpc) is 3.12. The van der Waals surface area contributed by atoms with Crippen molar-refractivity contribution in [2.24, 2.45) is 11.8 Å². The lowest BCUT2D eigenvalue weighted by Crippen LogP contribution is -2.64. The van der Waals surface area contributed by atoms with Gasteiger partial charge in [0.15, 0.2) is 0 Å². The predicted molar refractivity (Wildman–Crippen MR) is 109 cm³/mol. The summed E-state index contributed by atoms with van der Waals surface area (Å²) in [4.78, 5) is 30.3. The van der Waals surface area contributed by atoms with E-state index in [2.05, 4.69) is 20.3 Å². The number of hydrogen-bond acceptors (Lipinski definition) is 4. The zero-order valence-electron chi connectivity index (χ0n) is 16.6. The van der Waals surface area contributed by atoms with E-state index in [1.165, 1.54) is 6.42 Å². The fraction of sp³-hybridized carbons (Fsp3) is 0.478. The second-order valence-electron chi connectivity index (χ2n) is 9.62. The molecule has 4 aliphatic rings. The summed E-state index contributed by atoms with van der Waals surface area (Å²) in [5.74, 6) is 2.34. The molecule has 6 heteroatoms. The molecular formula is C23H25N5O. The van der Waals surface area contributed by atoms with Gasteiger partial charge in [-0.3, -0.25) is 9.78 Å². The topological polar surface area (TPSA) is 83.6 Å². The number of carbonyl (C=O) groups is 1. The first-order chi connectivity index (χ1) is 14.0. The molecule has 2 atom stereocenters. The Morgan fingerprint density at radius 1 is 1.14 bits per heavy atom. The molecule has 0 aliphatic heterocycles. The predicted octanol–water partition coefficient (Wildman–Crippen LogP) is 3.68. The van der Waals surface area contributed by atoms with E-state index in [0.717, 1.165) is 54.7 Å². The Bertz CT molecular complexity index is 1070. The van der Waals surface area contributed by atoms with Crippen LogP contribution in [0.25, 0.3) is 11.0 Å². The Morgan fingerprint density at radius 2 is 1.97 bits per heavy atom. The van der Waals surface area contributed by atoms with Gasteiger partial charge in [0.1, 0.15) is 11.5 Å². The summed E-state index contributed by atoms with van der Waals surface area (Å²) in [7, 11) is 0. The smallest absolute Gasteiger partial charge is 0.270 e. The summed E-state index contributed by atoms with van der Waals surface area (Å²) in [5.41, 5.74) is 3.24. The third kappa shape index (κ3) is 2.69. The molecule has 0 aromatic carbocycles. The number of amides is 1. The third-order valence-electron chi connectivity index (χ3n) is 7.35. The van der Waals surface area contributed by atoms with Gasteiger partial charge in [0, 0.05) is 22.8 Å². The van der Waals surface area contributed by atoms with E-state index in [0.29, 0.717) is 17.5 Å². The summed E-state index contributed by atoms with van der Waals surface area (Å²) < 4.78 is 0. The number of aromatic amines is 1. The highest BCUT2D eigenvalue weighted by atomic mass is 16.2. The quantitative estimate of drug-likeness (QED) is 0.718. The molecule has 4 fully saturated rings. The average molecular weight is 387 g/mol. The van der Waals surface area contributed by atoms with Gasteiger partial charge >= 0.3 is 0 Å². The van der Waals surface area contributed by atoms with Crippen LogP contribution in [-0.2, 0) is 5.41 Å². The van der Waals surface area contributed by atoms with Gasteiger partial charge in [-0.25, -0.2) is 9.97 Å². The highest BCUT2D eigenvalue weighted by Crippen LogP contribution is 2.61. The van der Waals surface area contributed by atoms with Gasteiger partial charge in [0.05, 0.1) is 17.2 Å². The van der Waals surface area contributed by atoms with E-state index >= 15 is 0 Å². The monoisotopic (exact) mass is 387 g/mol. The summed E-state index contributed by atoms with van der Waals surface area (Å²) in [6, 6.07) is 7.61. The molecule has 7 rings (SSSR count). The van der Waals surface area contributed by atoms with Crippen molar-refractivity contribution in [3.8, 4) is 0 Å². The number of aryl methyl sites for hydroxylation is 1. The molecule has 2 N–H and O–H groups in total. The van der Waals surface area contributed by atoms with Crippen LogP contribution in [0.15, 0.2) is 36.7 Å². The Morgan fingerprint density at radius 3 is 2.72 bits per heavy atom. The molecule has 4 aliphatic carbocycles. The number of rotatable bonds is 3. The number of aromatic nitrogens is 4. The molecule has 0 radical (unpaired) electrons. The van der Waals surface area contributed by atoms with Gasteiger partial charge in [-0.05, 0) is 75.5 Å². The Balaban J connectivity index is 1.36. The van der Waals surface area contributed by atoms with E-state index in [9.17, 15) is 4.79 Å². The molecular weight excluding hydrogens is 362 g/mol. The van der Waals surface area contributed by atoms with E-state index in [4.69, 9.17) is 4.98 Å². The van der Waals surface area contributed by atoms with E-state index in [-0.39, 0.29) is 16.9 Å². The van der Waals surface area contributed by atoms with Gasteiger partial charge < -0.3 is 10.3 Å². The zero-order valence-corrected chi connectivity index (χ0v) is 16.6. The second-order valence-corrected chi connectivity index (χ2v) is 9.62. The Labute approximate surface area is 169 Å². The number of fused-ring (bicyclic) bond motifs is 1. The number of pyridine rings is 2. The van der Waals surface area contributed by atoms with Crippen LogP contribution in [-0.4, -0.2) is 31.4 Å². The maximum atomic E-state index is 13.1. The first kappa shape index (κ1) is 17.1. The van der Waals surface area contributed by atoms with Crippen LogP contribution >= 0.6 is 0 Å². The lowest BCUT2D eigenvalue weighted by Gasteiger charge is -2.61.